The maximum absolute atomic E-state index is 11.8. The van der Waals surface area contributed by atoms with Gasteiger partial charge in [0.05, 0.1) is 10.6 Å². The number of rotatable bonds is 6. The van der Waals surface area contributed by atoms with Gasteiger partial charge in [0, 0.05) is 6.54 Å². The standard InChI is InChI=1S/C14H19NO5S/c1-4-21(19,20)11-7-5-10(6-8-11)9-15-12(16)14(2,3)13(17)18/h5-8H,4,9H2,1-3H3,(H,15,16)(H,17,18). The SMILES string of the molecule is CCS(=O)(=O)c1ccc(CNC(=O)C(C)(C)C(=O)O)cc1. The van der Waals surface area contributed by atoms with Crippen LogP contribution >= 0.6 is 0 Å². The van der Waals surface area contributed by atoms with E-state index in [1.165, 1.54) is 26.0 Å². The smallest absolute Gasteiger partial charge is 0.318 e. The number of carboxylic acid groups (broad SMARTS) is 1. The molecule has 0 atom stereocenters. The van der Waals surface area contributed by atoms with E-state index in [0.717, 1.165) is 0 Å². The van der Waals surface area contributed by atoms with Crippen molar-refractivity contribution < 1.29 is 23.1 Å². The van der Waals surface area contributed by atoms with Crippen molar-refractivity contribution >= 4 is 21.7 Å². The molecule has 116 valence electrons. The van der Waals surface area contributed by atoms with E-state index in [2.05, 4.69) is 5.32 Å². The zero-order valence-corrected chi connectivity index (χ0v) is 13.0. The van der Waals surface area contributed by atoms with Gasteiger partial charge in [0.25, 0.3) is 0 Å². The van der Waals surface area contributed by atoms with E-state index in [9.17, 15) is 18.0 Å². The van der Waals surface area contributed by atoms with Gasteiger partial charge in [0.1, 0.15) is 5.41 Å². The molecular formula is C14H19NO5S. The second kappa shape index (κ2) is 6.26. The summed E-state index contributed by atoms with van der Waals surface area (Å²) in [6.45, 7) is 4.35. The van der Waals surface area contributed by atoms with Crippen molar-refractivity contribution in [3.63, 3.8) is 0 Å². The summed E-state index contributed by atoms with van der Waals surface area (Å²) in [5.41, 5.74) is -0.814. The van der Waals surface area contributed by atoms with Crippen molar-refractivity contribution in [2.45, 2.75) is 32.2 Å². The van der Waals surface area contributed by atoms with Crippen LogP contribution in [0.15, 0.2) is 29.2 Å². The summed E-state index contributed by atoms with van der Waals surface area (Å²) in [6.07, 6.45) is 0. The topological polar surface area (TPSA) is 101 Å². The fraction of sp³-hybridized carbons (Fsp3) is 0.429. The molecule has 0 aliphatic carbocycles. The average molecular weight is 313 g/mol. The maximum Gasteiger partial charge on any atom is 0.318 e. The normalized spacial score (nSPS) is 12.0. The molecule has 0 radical (unpaired) electrons. The molecule has 0 aliphatic rings. The van der Waals surface area contributed by atoms with Crippen LogP contribution in [0, 0.1) is 5.41 Å². The summed E-state index contributed by atoms with van der Waals surface area (Å²) in [5.74, 6) is -1.78. The fourth-order valence-corrected chi connectivity index (χ4v) is 2.37. The van der Waals surface area contributed by atoms with E-state index in [0.29, 0.717) is 5.56 Å². The third-order valence-corrected chi connectivity index (χ3v) is 4.97. The number of carbonyl (C=O) groups is 2. The Balaban J connectivity index is 2.74. The molecule has 0 heterocycles. The first-order valence-electron chi connectivity index (χ1n) is 6.44. The predicted molar refractivity (Wildman–Crippen MR) is 77.4 cm³/mol. The van der Waals surface area contributed by atoms with Crippen LogP contribution in [0.2, 0.25) is 0 Å². The van der Waals surface area contributed by atoms with Gasteiger partial charge in [0.15, 0.2) is 9.84 Å². The molecule has 0 unspecified atom stereocenters. The highest BCUT2D eigenvalue weighted by Gasteiger charge is 2.35. The minimum Gasteiger partial charge on any atom is -0.480 e. The van der Waals surface area contributed by atoms with Crippen molar-refractivity contribution in [3.8, 4) is 0 Å². The van der Waals surface area contributed by atoms with Crippen LogP contribution in [0.3, 0.4) is 0 Å². The van der Waals surface area contributed by atoms with Crippen molar-refractivity contribution in [1.82, 2.24) is 5.32 Å². The number of carboxylic acids is 1. The van der Waals surface area contributed by atoms with E-state index in [4.69, 9.17) is 5.11 Å². The molecule has 0 aromatic heterocycles. The van der Waals surface area contributed by atoms with Gasteiger partial charge in [-0.2, -0.15) is 0 Å². The molecule has 1 aromatic rings. The van der Waals surface area contributed by atoms with Gasteiger partial charge in [-0.3, -0.25) is 9.59 Å². The largest absolute Gasteiger partial charge is 0.480 e. The van der Waals surface area contributed by atoms with Gasteiger partial charge < -0.3 is 10.4 Å². The number of carbonyl (C=O) groups excluding carboxylic acids is 1. The monoisotopic (exact) mass is 313 g/mol. The van der Waals surface area contributed by atoms with Gasteiger partial charge in [-0.15, -0.1) is 0 Å². The van der Waals surface area contributed by atoms with Crippen molar-refractivity contribution in [2.75, 3.05) is 5.75 Å². The second-order valence-corrected chi connectivity index (χ2v) is 7.44. The minimum absolute atomic E-state index is 0.0237. The first-order chi connectivity index (χ1) is 9.61. The highest BCUT2D eigenvalue weighted by atomic mass is 32.2. The van der Waals surface area contributed by atoms with Crippen molar-refractivity contribution in [3.05, 3.63) is 29.8 Å². The summed E-state index contributed by atoms with van der Waals surface area (Å²) in [7, 11) is -3.25. The van der Waals surface area contributed by atoms with Crippen LogP contribution in [0.4, 0.5) is 0 Å². The second-order valence-electron chi connectivity index (χ2n) is 5.16. The van der Waals surface area contributed by atoms with Crippen LogP contribution in [-0.4, -0.2) is 31.2 Å². The Bertz CT molecular complexity index is 632. The zero-order valence-electron chi connectivity index (χ0n) is 12.2. The van der Waals surface area contributed by atoms with Crippen LogP contribution in [0.25, 0.3) is 0 Å². The molecule has 2 N–H and O–H groups in total. The number of hydrogen-bond acceptors (Lipinski definition) is 4. The lowest BCUT2D eigenvalue weighted by atomic mass is 9.92. The Labute approximate surface area is 124 Å². The predicted octanol–water partition coefficient (Wildman–Crippen LogP) is 1.21. The third-order valence-electron chi connectivity index (χ3n) is 3.22. The molecule has 1 rings (SSSR count). The van der Waals surface area contributed by atoms with E-state index >= 15 is 0 Å². The average Bonchev–Trinajstić information content (AvgIpc) is 2.44. The molecule has 6 nitrogen and oxygen atoms in total. The van der Waals surface area contributed by atoms with Crippen molar-refractivity contribution in [2.24, 2.45) is 5.41 Å². The van der Waals surface area contributed by atoms with E-state index in [-0.39, 0.29) is 17.2 Å². The molecule has 0 saturated carbocycles. The molecule has 1 amide bonds. The molecule has 0 fully saturated rings. The number of amides is 1. The Morgan fingerprint density at radius 1 is 1.19 bits per heavy atom. The first-order valence-corrected chi connectivity index (χ1v) is 8.10. The summed E-state index contributed by atoms with van der Waals surface area (Å²) in [6, 6.07) is 6.14. The first kappa shape index (κ1) is 17.2. The Morgan fingerprint density at radius 2 is 1.71 bits per heavy atom. The lowest BCUT2D eigenvalue weighted by Gasteiger charge is -2.18. The summed E-state index contributed by atoms with van der Waals surface area (Å²) < 4.78 is 23.3. The maximum atomic E-state index is 11.8. The van der Waals surface area contributed by atoms with Crippen LogP contribution in [0.1, 0.15) is 26.3 Å². The molecule has 1 aromatic carbocycles. The van der Waals surface area contributed by atoms with Crippen LogP contribution in [-0.2, 0) is 26.0 Å². The van der Waals surface area contributed by atoms with Gasteiger partial charge in [-0.1, -0.05) is 19.1 Å². The number of hydrogen-bond donors (Lipinski definition) is 2. The Hall–Kier alpha value is -1.89. The summed E-state index contributed by atoms with van der Waals surface area (Å²) in [4.78, 5) is 22.9. The number of sulfone groups is 1. The Morgan fingerprint density at radius 3 is 2.14 bits per heavy atom. The molecule has 0 spiro atoms. The van der Waals surface area contributed by atoms with Gasteiger partial charge >= 0.3 is 5.97 Å². The summed E-state index contributed by atoms with van der Waals surface area (Å²) in [5, 5.41) is 11.5. The zero-order chi connectivity index (χ0) is 16.3. The van der Waals surface area contributed by atoms with E-state index in [1.54, 1.807) is 19.1 Å². The molecule has 7 heteroatoms. The number of benzene rings is 1. The third kappa shape index (κ3) is 4.04. The molecule has 0 saturated heterocycles. The van der Waals surface area contributed by atoms with Gasteiger partial charge in [-0.25, -0.2) is 8.42 Å². The molecule has 21 heavy (non-hydrogen) atoms. The molecule has 0 aliphatic heterocycles. The lowest BCUT2D eigenvalue weighted by molar-refractivity contribution is -0.153. The summed E-state index contributed by atoms with van der Waals surface area (Å²) >= 11 is 0. The number of nitrogens with one attached hydrogen (secondary N) is 1. The molecule has 0 bridgehead atoms. The van der Waals surface area contributed by atoms with Crippen molar-refractivity contribution in [1.29, 1.82) is 0 Å². The highest BCUT2D eigenvalue weighted by Crippen LogP contribution is 2.16. The van der Waals surface area contributed by atoms with Gasteiger partial charge in [0.2, 0.25) is 5.91 Å². The lowest BCUT2D eigenvalue weighted by Crippen LogP contribution is -2.41. The van der Waals surface area contributed by atoms with Crippen LogP contribution < -0.4 is 5.32 Å². The quantitative estimate of drug-likeness (QED) is 0.769. The van der Waals surface area contributed by atoms with E-state index < -0.39 is 27.1 Å². The fourth-order valence-electron chi connectivity index (χ4n) is 1.48. The minimum atomic E-state index is -3.25. The van der Waals surface area contributed by atoms with E-state index in [1.807, 2.05) is 0 Å². The number of aliphatic carboxylic acids is 1. The highest BCUT2D eigenvalue weighted by molar-refractivity contribution is 7.91. The van der Waals surface area contributed by atoms with Crippen LogP contribution in [0.5, 0.6) is 0 Å². The molecular weight excluding hydrogens is 294 g/mol. The van der Waals surface area contributed by atoms with Gasteiger partial charge in [-0.05, 0) is 31.5 Å². The Kier molecular flexibility index (Phi) is 5.11.